The molecule has 0 saturated carbocycles. The summed E-state index contributed by atoms with van der Waals surface area (Å²) in [6.45, 7) is 5.18. The second-order valence-corrected chi connectivity index (χ2v) is 6.12. The molecule has 0 spiro atoms. The van der Waals surface area contributed by atoms with Crippen molar-refractivity contribution in [2.24, 2.45) is 0 Å². The number of aryl methyl sites for hydroxylation is 1. The molecule has 8 heteroatoms. The maximum atomic E-state index is 13.0. The van der Waals surface area contributed by atoms with Crippen LogP contribution >= 0.6 is 0 Å². The van der Waals surface area contributed by atoms with Gasteiger partial charge >= 0.3 is 0 Å². The quantitative estimate of drug-likeness (QED) is 0.748. The van der Waals surface area contributed by atoms with Crippen molar-refractivity contribution in [3.63, 3.8) is 0 Å². The molecule has 1 heterocycles. The number of aliphatic hydroxyl groups excluding tert-OH is 1. The zero-order valence-electron chi connectivity index (χ0n) is 16.2. The lowest BCUT2D eigenvalue weighted by Gasteiger charge is -2.21. The molecule has 0 bridgehead atoms. The van der Waals surface area contributed by atoms with Gasteiger partial charge in [0.2, 0.25) is 5.75 Å². The number of methoxy groups -OCH3 is 3. The summed E-state index contributed by atoms with van der Waals surface area (Å²) >= 11 is 0. The van der Waals surface area contributed by atoms with Crippen LogP contribution in [0.2, 0.25) is 0 Å². The van der Waals surface area contributed by atoms with Gasteiger partial charge in [0.05, 0.1) is 39.4 Å². The van der Waals surface area contributed by atoms with E-state index in [4.69, 9.17) is 14.2 Å². The fourth-order valence-corrected chi connectivity index (χ4v) is 2.90. The fraction of sp³-hybridized carbons (Fsp3) is 0.556. The van der Waals surface area contributed by atoms with E-state index in [0.29, 0.717) is 40.5 Å². The third kappa shape index (κ3) is 3.76. The van der Waals surface area contributed by atoms with Crippen molar-refractivity contribution in [1.82, 2.24) is 14.5 Å². The van der Waals surface area contributed by atoms with Crippen molar-refractivity contribution >= 4 is 10.9 Å². The highest BCUT2D eigenvalue weighted by Crippen LogP contribution is 2.41. The van der Waals surface area contributed by atoms with Gasteiger partial charge in [0.1, 0.15) is 11.3 Å². The first-order valence-corrected chi connectivity index (χ1v) is 8.44. The number of likely N-dealkylation sites (N-methyl/N-ethyl adjacent to an activating group) is 1. The molecule has 1 unspecified atom stereocenters. The van der Waals surface area contributed by atoms with Crippen LogP contribution in [0.1, 0.15) is 12.7 Å². The highest BCUT2D eigenvalue weighted by atomic mass is 16.5. The summed E-state index contributed by atoms with van der Waals surface area (Å²) in [4.78, 5) is 19.5. The zero-order chi connectivity index (χ0) is 19.4. The molecule has 0 fully saturated rings. The number of benzene rings is 1. The molecule has 0 aliphatic heterocycles. The minimum atomic E-state index is -0.683. The predicted octanol–water partition coefficient (Wildman–Crippen LogP) is 1.04. The molecule has 1 aromatic carbocycles. The zero-order valence-corrected chi connectivity index (χ0v) is 16.2. The summed E-state index contributed by atoms with van der Waals surface area (Å²) in [6.07, 6.45) is -0.683. The first kappa shape index (κ1) is 20.0. The Morgan fingerprint density at radius 2 is 1.88 bits per heavy atom. The lowest BCUT2D eigenvalue weighted by Crippen LogP contribution is -2.36. The Morgan fingerprint density at radius 1 is 1.23 bits per heavy atom. The van der Waals surface area contributed by atoms with E-state index in [9.17, 15) is 9.90 Å². The summed E-state index contributed by atoms with van der Waals surface area (Å²) in [6, 6.07) is 1.59. The van der Waals surface area contributed by atoms with Crippen LogP contribution < -0.4 is 19.8 Å². The van der Waals surface area contributed by atoms with E-state index in [2.05, 4.69) is 4.98 Å². The smallest absolute Gasteiger partial charge is 0.261 e. The summed E-state index contributed by atoms with van der Waals surface area (Å²) in [5.41, 5.74) is 0.147. The number of ether oxygens (including phenoxy) is 3. The summed E-state index contributed by atoms with van der Waals surface area (Å²) in [7, 11) is 6.40. The van der Waals surface area contributed by atoms with Crippen molar-refractivity contribution < 1.29 is 19.3 Å². The van der Waals surface area contributed by atoms with Crippen LogP contribution in [0, 0.1) is 6.92 Å². The van der Waals surface area contributed by atoms with E-state index in [1.54, 1.807) is 13.0 Å². The molecule has 2 aromatic rings. The van der Waals surface area contributed by atoms with E-state index in [0.717, 1.165) is 6.54 Å². The van der Waals surface area contributed by atoms with Gasteiger partial charge in [0.15, 0.2) is 11.5 Å². The van der Waals surface area contributed by atoms with Gasteiger partial charge in [0, 0.05) is 6.54 Å². The second kappa shape index (κ2) is 8.37. The number of fused-ring (bicyclic) bond motifs is 1. The maximum Gasteiger partial charge on any atom is 0.261 e. The number of aliphatic hydroxyl groups is 1. The SMILES string of the molecule is CCN(C)CC(O)Cn1c(C)nc2c(OC)c(OC)c(OC)cc2c1=O. The standard InChI is InChI=1S/C18H27N3O5/c1-7-20(3)9-12(22)10-21-11(2)19-15-13(18(21)23)8-14(24-4)16(25-5)17(15)26-6/h8,12,22H,7,9-10H2,1-6H3. The Morgan fingerprint density at radius 3 is 2.42 bits per heavy atom. The average Bonchev–Trinajstić information content (AvgIpc) is 2.63. The van der Waals surface area contributed by atoms with Crippen LogP contribution in [0.4, 0.5) is 0 Å². The minimum Gasteiger partial charge on any atom is -0.493 e. The van der Waals surface area contributed by atoms with Gasteiger partial charge in [-0.3, -0.25) is 9.36 Å². The number of aromatic nitrogens is 2. The Balaban J connectivity index is 2.60. The second-order valence-electron chi connectivity index (χ2n) is 6.12. The van der Waals surface area contributed by atoms with Crippen LogP contribution in [0.5, 0.6) is 17.2 Å². The number of hydrogen-bond acceptors (Lipinski definition) is 7. The normalized spacial score (nSPS) is 12.5. The molecule has 0 aliphatic rings. The number of nitrogens with zero attached hydrogens (tertiary/aromatic N) is 3. The monoisotopic (exact) mass is 365 g/mol. The van der Waals surface area contributed by atoms with E-state index in [1.165, 1.54) is 25.9 Å². The minimum absolute atomic E-state index is 0.161. The highest BCUT2D eigenvalue weighted by Gasteiger charge is 2.21. The molecule has 8 nitrogen and oxygen atoms in total. The van der Waals surface area contributed by atoms with Crippen molar-refractivity contribution in [2.75, 3.05) is 41.5 Å². The molecule has 0 radical (unpaired) electrons. The van der Waals surface area contributed by atoms with Crippen molar-refractivity contribution in [3.05, 3.63) is 22.2 Å². The van der Waals surface area contributed by atoms with Crippen molar-refractivity contribution in [1.29, 1.82) is 0 Å². The molecule has 1 N–H and O–H groups in total. The Labute approximate surface area is 152 Å². The number of hydrogen-bond donors (Lipinski definition) is 1. The van der Waals surface area contributed by atoms with Crippen LogP contribution in [0.15, 0.2) is 10.9 Å². The molecular weight excluding hydrogens is 338 g/mol. The van der Waals surface area contributed by atoms with Crippen LogP contribution in [-0.2, 0) is 6.54 Å². The molecule has 0 saturated heterocycles. The van der Waals surface area contributed by atoms with Crippen LogP contribution in [0.3, 0.4) is 0 Å². The fourth-order valence-electron chi connectivity index (χ4n) is 2.90. The lowest BCUT2D eigenvalue weighted by molar-refractivity contribution is 0.110. The maximum absolute atomic E-state index is 13.0. The Kier molecular flexibility index (Phi) is 6.44. The molecule has 1 aromatic heterocycles. The molecular formula is C18H27N3O5. The first-order valence-electron chi connectivity index (χ1n) is 8.44. The van der Waals surface area contributed by atoms with Crippen molar-refractivity contribution in [3.8, 4) is 17.2 Å². The van der Waals surface area contributed by atoms with Gasteiger partial charge in [-0.15, -0.1) is 0 Å². The van der Waals surface area contributed by atoms with Crippen molar-refractivity contribution in [2.45, 2.75) is 26.5 Å². The first-order chi connectivity index (χ1) is 12.4. The average molecular weight is 365 g/mol. The number of rotatable bonds is 8. The Hall–Kier alpha value is -2.32. The summed E-state index contributed by atoms with van der Waals surface area (Å²) in [5, 5.41) is 10.7. The van der Waals surface area contributed by atoms with E-state index in [-0.39, 0.29) is 12.1 Å². The third-order valence-electron chi connectivity index (χ3n) is 4.40. The van der Waals surface area contributed by atoms with Gasteiger partial charge in [-0.05, 0) is 26.6 Å². The van der Waals surface area contributed by atoms with Gasteiger partial charge in [-0.25, -0.2) is 4.98 Å². The lowest BCUT2D eigenvalue weighted by atomic mass is 10.2. The van der Waals surface area contributed by atoms with Crippen LogP contribution in [-0.4, -0.2) is 67.1 Å². The molecule has 0 amide bonds. The van der Waals surface area contributed by atoms with Gasteiger partial charge in [-0.1, -0.05) is 6.92 Å². The topological polar surface area (TPSA) is 86.1 Å². The van der Waals surface area contributed by atoms with Gasteiger partial charge < -0.3 is 24.2 Å². The van der Waals surface area contributed by atoms with E-state index >= 15 is 0 Å². The summed E-state index contributed by atoms with van der Waals surface area (Å²) < 4.78 is 17.6. The molecule has 0 aliphatic carbocycles. The molecule has 2 rings (SSSR count). The van der Waals surface area contributed by atoms with Crippen LogP contribution in [0.25, 0.3) is 10.9 Å². The third-order valence-corrected chi connectivity index (χ3v) is 4.40. The van der Waals surface area contributed by atoms with E-state index in [1.807, 2.05) is 18.9 Å². The van der Waals surface area contributed by atoms with Gasteiger partial charge in [-0.2, -0.15) is 0 Å². The largest absolute Gasteiger partial charge is 0.493 e. The van der Waals surface area contributed by atoms with Gasteiger partial charge in [0.25, 0.3) is 5.56 Å². The summed E-state index contributed by atoms with van der Waals surface area (Å²) in [5.74, 6) is 1.61. The molecule has 144 valence electrons. The highest BCUT2D eigenvalue weighted by molar-refractivity contribution is 5.89. The molecule has 26 heavy (non-hydrogen) atoms. The van der Waals surface area contributed by atoms with E-state index < -0.39 is 6.10 Å². The molecule has 1 atom stereocenters. The Bertz CT molecular complexity index is 834. The predicted molar refractivity (Wildman–Crippen MR) is 99.6 cm³/mol.